The number of hydrogen-bond donors (Lipinski definition) is 0. The Morgan fingerprint density at radius 1 is 0.412 bits per heavy atom. The summed E-state index contributed by atoms with van der Waals surface area (Å²) in [5.41, 5.74) is 29.8. The van der Waals surface area contributed by atoms with Crippen molar-refractivity contribution in [1.29, 1.82) is 0 Å². The lowest BCUT2D eigenvalue weighted by Gasteiger charge is -2.36. The Balaban J connectivity index is 1.10. The van der Waals surface area contributed by atoms with E-state index in [0.29, 0.717) is 0 Å². The number of rotatable bonds is 2. The van der Waals surface area contributed by atoms with Crippen LogP contribution in [0, 0.1) is 13.8 Å². The lowest BCUT2D eigenvalue weighted by atomic mass is 9.68. The Labute approximate surface area is 306 Å². The molecule has 0 unspecified atom stereocenters. The summed E-state index contributed by atoms with van der Waals surface area (Å²) < 4.78 is 0. The van der Waals surface area contributed by atoms with Gasteiger partial charge in [-0.1, -0.05) is 127 Å². The standard InChI is InChI=1S/C50H42S/c1-25-19-33-45-41-29(25)13-11-15-31(41)47(3,4)35-21-27(23-37(43(35)45)49(33,7)8)39-17-18-40(51-39)28-22-36-44-38(24-28)50(9,10)34-20-26(2)30-14-12-16-32(48(36,5)6)42(30)46(34)44/h11-16,19-24H,1-10H3. The number of aryl methyl sites for hydroxylation is 2. The molecule has 6 aromatic carbocycles. The van der Waals surface area contributed by atoms with Crippen LogP contribution in [0.5, 0.6) is 0 Å². The van der Waals surface area contributed by atoms with Gasteiger partial charge in [-0.15, -0.1) is 0 Å². The molecule has 5 aliphatic rings. The summed E-state index contributed by atoms with van der Waals surface area (Å²) in [5.74, 6) is 0. The number of thioether (sulfide) groups is 1. The summed E-state index contributed by atoms with van der Waals surface area (Å²) in [5, 5.41) is 5.73. The number of benzene rings is 6. The molecule has 0 aromatic heterocycles. The molecule has 0 nitrogen and oxygen atoms in total. The maximum Gasteiger partial charge on any atom is 0.0704 e. The monoisotopic (exact) mass is 674 g/mol. The second-order valence-electron chi connectivity index (χ2n) is 18.1. The smallest absolute Gasteiger partial charge is 0.0704 e. The Morgan fingerprint density at radius 3 is 1.12 bits per heavy atom. The Hall–Kier alpha value is -4.51. The molecule has 1 aliphatic heterocycles. The molecule has 6 aromatic rings. The quantitative estimate of drug-likeness (QED) is 0.165. The lowest BCUT2D eigenvalue weighted by molar-refractivity contribution is 0.638. The van der Waals surface area contributed by atoms with E-state index in [1.165, 1.54) is 120 Å². The van der Waals surface area contributed by atoms with Crippen LogP contribution in [0.4, 0.5) is 0 Å². The average Bonchev–Trinajstić information content (AvgIpc) is 3.74. The summed E-state index contributed by atoms with van der Waals surface area (Å²) in [7, 11) is 0. The van der Waals surface area contributed by atoms with Gasteiger partial charge >= 0.3 is 0 Å². The second-order valence-corrected chi connectivity index (χ2v) is 19.1. The topological polar surface area (TPSA) is 0 Å². The van der Waals surface area contributed by atoms with Gasteiger partial charge in [0, 0.05) is 21.7 Å². The molecule has 11 rings (SSSR count). The van der Waals surface area contributed by atoms with E-state index in [2.05, 4.69) is 153 Å². The zero-order valence-electron chi connectivity index (χ0n) is 31.3. The first kappa shape index (κ1) is 30.1. The molecule has 0 saturated carbocycles. The van der Waals surface area contributed by atoms with Crippen molar-refractivity contribution in [3.8, 4) is 22.3 Å². The molecule has 0 atom stereocenters. The van der Waals surface area contributed by atoms with Crippen LogP contribution in [0.3, 0.4) is 0 Å². The zero-order valence-corrected chi connectivity index (χ0v) is 32.2. The summed E-state index contributed by atoms with van der Waals surface area (Å²) >= 11 is 1.85. The maximum absolute atomic E-state index is 3.68. The summed E-state index contributed by atoms with van der Waals surface area (Å²) in [6.07, 6.45) is 0. The van der Waals surface area contributed by atoms with Gasteiger partial charge in [-0.25, -0.2) is 0 Å². The molecule has 1 heteroatoms. The van der Waals surface area contributed by atoms with Gasteiger partial charge in [-0.05, 0) is 149 Å². The van der Waals surface area contributed by atoms with Crippen LogP contribution < -0.4 is 0 Å². The molecule has 0 fully saturated rings. The normalized spacial score (nSPS) is 19.3. The third-order valence-corrected chi connectivity index (χ3v) is 15.0. The molecular formula is C50H42S. The van der Waals surface area contributed by atoms with Crippen LogP contribution in [0.1, 0.15) is 122 Å². The van der Waals surface area contributed by atoms with E-state index in [1.807, 2.05) is 11.8 Å². The van der Waals surface area contributed by atoms with Crippen LogP contribution in [0.2, 0.25) is 0 Å². The molecule has 0 saturated heterocycles. The van der Waals surface area contributed by atoms with Crippen LogP contribution in [0.15, 0.2) is 84.3 Å². The maximum atomic E-state index is 3.68. The number of hydrogen-bond acceptors (Lipinski definition) is 1. The highest BCUT2D eigenvalue weighted by Gasteiger charge is 2.47. The van der Waals surface area contributed by atoms with Crippen molar-refractivity contribution in [2.24, 2.45) is 0 Å². The molecule has 51 heavy (non-hydrogen) atoms. The van der Waals surface area contributed by atoms with Crippen molar-refractivity contribution < 1.29 is 0 Å². The zero-order chi connectivity index (χ0) is 35.3. The van der Waals surface area contributed by atoms with Gasteiger partial charge < -0.3 is 0 Å². The van der Waals surface area contributed by atoms with Crippen molar-refractivity contribution in [1.82, 2.24) is 0 Å². The molecule has 4 aliphatic carbocycles. The van der Waals surface area contributed by atoms with E-state index in [4.69, 9.17) is 0 Å². The minimum Gasteiger partial charge on any atom is -0.0704 e. The van der Waals surface area contributed by atoms with Gasteiger partial charge in [0.05, 0.1) is 9.81 Å². The van der Waals surface area contributed by atoms with Crippen molar-refractivity contribution >= 4 is 43.1 Å². The van der Waals surface area contributed by atoms with Crippen molar-refractivity contribution in [2.75, 3.05) is 0 Å². The fourth-order valence-corrected chi connectivity index (χ4v) is 11.9. The molecule has 0 spiro atoms. The van der Waals surface area contributed by atoms with Crippen LogP contribution in [-0.2, 0) is 21.7 Å². The Bertz CT molecular complexity index is 2660. The van der Waals surface area contributed by atoms with Crippen LogP contribution in [-0.4, -0.2) is 0 Å². The van der Waals surface area contributed by atoms with Gasteiger partial charge in [0.25, 0.3) is 0 Å². The molecular weight excluding hydrogens is 633 g/mol. The van der Waals surface area contributed by atoms with Gasteiger partial charge in [-0.2, -0.15) is 0 Å². The Kier molecular flexibility index (Phi) is 5.27. The van der Waals surface area contributed by atoms with Gasteiger partial charge in [0.2, 0.25) is 0 Å². The van der Waals surface area contributed by atoms with Crippen molar-refractivity contribution in [3.63, 3.8) is 0 Å². The highest BCUT2D eigenvalue weighted by atomic mass is 32.2. The van der Waals surface area contributed by atoms with Gasteiger partial charge in [0.1, 0.15) is 0 Å². The van der Waals surface area contributed by atoms with E-state index in [9.17, 15) is 0 Å². The summed E-state index contributed by atoms with van der Waals surface area (Å²) in [4.78, 5) is 2.34. The highest BCUT2D eigenvalue weighted by Crippen LogP contribution is 2.63. The van der Waals surface area contributed by atoms with E-state index in [-0.39, 0.29) is 21.7 Å². The van der Waals surface area contributed by atoms with Gasteiger partial charge in [-0.3, -0.25) is 0 Å². The van der Waals surface area contributed by atoms with Crippen LogP contribution in [0.25, 0.3) is 53.6 Å². The van der Waals surface area contributed by atoms with Crippen molar-refractivity contribution in [2.45, 2.75) is 90.9 Å². The summed E-state index contributed by atoms with van der Waals surface area (Å²) in [6, 6.07) is 28.8. The first-order chi connectivity index (χ1) is 24.1. The second kappa shape index (κ2) is 8.92. The predicted molar refractivity (Wildman–Crippen MR) is 218 cm³/mol. The summed E-state index contributed by atoms with van der Waals surface area (Å²) in [6.45, 7) is 24.0. The fraction of sp³-hybridized carbons (Fsp3) is 0.280. The molecule has 0 amide bonds. The third-order valence-electron chi connectivity index (χ3n) is 13.9. The predicted octanol–water partition coefficient (Wildman–Crippen LogP) is 13.4. The Morgan fingerprint density at radius 2 is 0.745 bits per heavy atom. The third kappa shape index (κ3) is 3.34. The van der Waals surface area contributed by atoms with Crippen LogP contribution >= 0.6 is 11.8 Å². The average molecular weight is 675 g/mol. The molecule has 0 bridgehead atoms. The van der Waals surface area contributed by atoms with Gasteiger partial charge in [0.15, 0.2) is 0 Å². The molecule has 0 radical (unpaired) electrons. The van der Waals surface area contributed by atoms with Crippen molar-refractivity contribution in [3.05, 3.63) is 151 Å². The minimum absolute atomic E-state index is 0.0827. The van der Waals surface area contributed by atoms with E-state index < -0.39 is 0 Å². The van der Waals surface area contributed by atoms with E-state index in [0.717, 1.165) is 0 Å². The fourth-order valence-electron chi connectivity index (χ4n) is 11.0. The van der Waals surface area contributed by atoms with E-state index in [1.54, 1.807) is 0 Å². The molecule has 248 valence electrons. The first-order valence-corrected chi connectivity index (χ1v) is 19.4. The highest BCUT2D eigenvalue weighted by molar-refractivity contribution is 8.16. The van der Waals surface area contributed by atoms with E-state index >= 15 is 0 Å². The first-order valence-electron chi connectivity index (χ1n) is 18.6. The largest absolute Gasteiger partial charge is 0.0704 e. The minimum atomic E-state index is -0.114. The lowest BCUT2D eigenvalue weighted by Crippen LogP contribution is -2.24. The molecule has 1 heterocycles. The molecule has 0 N–H and O–H groups in total. The SMILES string of the molecule is Cc1cc2c3c4c(cccc14)C(C)(C)c1cc(C4=C=C=C(c5cc6c7c(c5)C(C)(C)c5cccc8c(C)cc(c-7c58)C6(C)C)S4)cc(c1-3)C2(C)C.